The van der Waals surface area contributed by atoms with Crippen molar-refractivity contribution >= 4 is 23.3 Å². The van der Waals surface area contributed by atoms with Gasteiger partial charge in [0.25, 0.3) is 0 Å². The number of thiocarbonyl (C=S) groups is 1. The molecule has 2 rings (SSSR count). The summed E-state index contributed by atoms with van der Waals surface area (Å²) in [5, 5.41) is 59.6. The highest BCUT2D eigenvalue weighted by Crippen LogP contribution is 2.35. The van der Waals surface area contributed by atoms with Gasteiger partial charge in [0.1, 0.15) is 11.1 Å². The van der Waals surface area contributed by atoms with E-state index in [-0.39, 0.29) is 28.6 Å². The number of phenols is 5. The molecule has 0 bridgehead atoms. The van der Waals surface area contributed by atoms with Gasteiger partial charge >= 0.3 is 0 Å². The van der Waals surface area contributed by atoms with Crippen LogP contribution in [0.5, 0.6) is 28.7 Å². The fourth-order valence-corrected chi connectivity index (χ4v) is 2.40. The normalized spacial score (nSPS) is 11.0. The Bertz CT molecular complexity index is 901. The van der Waals surface area contributed by atoms with Crippen LogP contribution in [0.15, 0.2) is 29.8 Å². The fourth-order valence-electron chi connectivity index (χ4n) is 2.23. The standard InChI is InChI=1S/C18H16N2O5S/c1-9-2-10(4-13(21)16(9)24)3-12(7-19)18(26)20-8-11-5-14(22)17(25)15(23)6-11/h2-6,21-25H,8H2,1H3,(H,20,26)/b12-3+. The number of hydrogen-bond donors (Lipinski definition) is 6. The molecular weight excluding hydrogens is 356 g/mol. The molecule has 0 heterocycles. The number of phenolic OH excluding ortho intramolecular Hbond substituents is 5. The SMILES string of the molecule is Cc1cc(/C=C(\C#N)C(=S)NCc2cc(O)c(O)c(O)c2)cc(O)c1O. The van der Waals surface area contributed by atoms with Crippen LogP contribution >= 0.6 is 12.2 Å². The van der Waals surface area contributed by atoms with Crippen molar-refractivity contribution in [1.82, 2.24) is 5.32 Å². The molecular formula is C18H16N2O5S. The van der Waals surface area contributed by atoms with E-state index in [0.29, 0.717) is 16.7 Å². The van der Waals surface area contributed by atoms with Gasteiger partial charge in [0.05, 0.1) is 5.57 Å². The molecule has 0 aliphatic carbocycles. The van der Waals surface area contributed by atoms with Gasteiger partial charge in [0, 0.05) is 6.54 Å². The first kappa shape index (κ1) is 18.9. The van der Waals surface area contributed by atoms with Gasteiger partial charge in [0.2, 0.25) is 0 Å². The van der Waals surface area contributed by atoms with E-state index in [0.717, 1.165) is 0 Å². The third-order valence-electron chi connectivity index (χ3n) is 3.56. The maximum Gasteiger partial charge on any atom is 0.200 e. The van der Waals surface area contributed by atoms with E-state index >= 15 is 0 Å². The number of hydrogen-bond acceptors (Lipinski definition) is 7. The van der Waals surface area contributed by atoms with Crippen LogP contribution in [-0.2, 0) is 6.54 Å². The summed E-state index contributed by atoms with van der Waals surface area (Å²) >= 11 is 5.17. The topological polar surface area (TPSA) is 137 Å². The molecule has 26 heavy (non-hydrogen) atoms. The highest BCUT2D eigenvalue weighted by atomic mass is 32.1. The number of nitriles is 1. The van der Waals surface area contributed by atoms with Crippen LogP contribution < -0.4 is 5.32 Å². The number of rotatable bonds is 4. The highest BCUT2D eigenvalue weighted by Gasteiger charge is 2.11. The molecule has 8 heteroatoms. The molecule has 0 fully saturated rings. The minimum absolute atomic E-state index is 0.0963. The third kappa shape index (κ3) is 4.15. The predicted octanol–water partition coefficient (Wildman–Crippen LogP) is 2.55. The second kappa shape index (κ2) is 7.63. The summed E-state index contributed by atoms with van der Waals surface area (Å²) in [6.45, 7) is 1.71. The molecule has 0 radical (unpaired) electrons. The molecule has 0 unspecified atom stereocenters. The van der Waals surface area contributed by atoms with Crippen molar-refractivity contribution in [3.8, 4) is 34.8 Å². The fraction of sp³-hybridized carbons (Fsp3) is 0.111. The van der Waals surface area contributed by atoms with E-state index in [1.807, 2.05) is 6.07 Å². The minimum Gasteiger partial charge on any atom is -0.504 e. The lowest BCUT2D eigenvalue weighted by Gasteiger charge is -2.10. The Morgan fingerprint density at radius 2 is 1.62 bits per heavy atom. The zero-order chi connectivity index (χ0) is 19.4. The highest BCUT2D eigenvalue weighted by molar-refractivity contribution is 7.80. The van der Waals surface area contributed by atoms with Crippen LogP contribution in [0, 0.1) is 18.3 Å². The van der Waals surface area contributed by atoms with Crippen LogP contribution in [0.2, 0.25) is 0 Å². The van der Waals surface area contributed by atoms with Gasteiger partial charge in [-0.2, -0.15) is 5.26 Å². The molecule has 2 aromatic carbocycles. The lowest BCUT2D eigenvalue weighted by Crippen LogP contribution is -2.22. The Kier molecular flexibility index (Phi) is 5.54. The molecule has 7 nitrogen and oxygen atoms in total. The molecule has 0 saturated heterocycles. The summed E-state index contributed by atoms with van der Waals surface area (Å²) in [7, 11) is 0. The monoisotopic (exact) mass is 372 g/mol. The number of nitrogens with one attached hydrogen (secondary N) is 1. The molecule has 0 aromatic heterocycles. The van der Waals surface area contributed by atoms with E-state index in [1.165, 1.54) is 24.3 Å². The third-order valence-corrected chi connectivity index (χ3v) is 3.93. The smallest absolute Gasteiger partial charge is 0.200 e. The van der Waals surface area contributed by atoms with Crippen molar-refractivity contribution in [1.29, 1.82) is 5.26 Å². The Labute approximate surface area is 154 Å². The van der Waals surface area contributed by atoms with Crippen molar-refractivity contribution in [3.63, 3.8) is 0 Å². The van der Waals surface area contributed by atoms with Crippen molar-refractivity contribution in [2.45, 2.75) is 13.5 Å². The van der Waals surface area contributed by atoms with Gasteiger partial charge in [-0.25, -0.2) is 0 Å². The summed E-state index contributed by atoms with van der Waals surface area (Å²) < 4.78 is 0. The molecule has 134 valence electrons. The molecule has 0 aliphatic rings. The van der Waals surface area contributed by atoms with E-state index in [9.17, 15) is 30.8 Å². The van der Waals surface area contributed by atoms with Gasteiger partial charge in [0.15, 0.2) is 28.7 Å². The first-order valence-corrected chi connectivity index (χ1v) is 7.80. The van der Waals surface area contributed by atoms with Gasteiger partial charge in [-0.1, -0.05) is 12.2 Å². The number of nitrogens with zero attached hydrogens (tertiary/aromatic N) is 1. The quantitative estimate of drug-likeness (QED) is 0.208. The number of benzene rings is 2. The van der Waals surface area contributed by atoms with Gasteiger partial charge in [-0.15, -0.1) is 0 Å². The van der Waals surface area contributed by atoms with E-state index in [2.05, 4.69) is 5.32 Å². The summed E-state index contributed by atoms with van der Waals surface area (Å²) in [4.78, 5) is 0.116. The second-order valence-electron chi connectivity index (χ2n) is 5.54. The van der Waals surface area contributed by atoms with Crippen LogP contribution in [0.3, 0.4) is 0 Å². The largest absolute Gasteiger partial charge is 0.504 e. The van der Waals surface area contributed by atoms with Crippen LogP contribution in [0.25, 0.3) is 6.08 Å². The Hall–Kier alpha value is -3.44. The maximum absolute atomic E-state index is 9.65. The van der Waals surface area contributed by atoms with Crippen LogP contribution in [0.4, 0.5) is 0 Å². The molecule has 0 spiro atoms. The molecule has 0 aliphatic heterocycles. The predicted molar refractivity (Wildman–Crippen MR) is 99.0 cm³/mol. The van der Waals surface area contributed by atoms with Crippen molar-refractivity contribution in [2.75, 3.05) is 0 Å². The van der Waals surface area contributed by atoms with Gasteiger partial charge in [-0.3, -0.25) is 0 Å². The summed E-state index contributed by atoms with van der Waals surface area (Å²) in [5.41, 5.74) is 1.49. The molecule has 0 amide bonds. The average Bonchev–Trinajstić information content (AvgIpc) is 2.59. The Balaban J connectivity index is 2.18. The first-order chi connectivity index (χ1) is 12.2. The molecule has 6 N–H and O–H groups in total. The summed E-state index contributed by atoms with van der Waals surface area (Å²) in [5.74, 6) is -2.09. The minimum atomic E-state index is -0.614. The van der Waals surface area contributed by atoms with E-state index in [4.69, 9.17) is 12.2 Å². The van der Waals surface area contributed by atoms with E-state index in [1.54, 1.807) is 13.0 Å². The lowest BCUT2D eigenvalue weighted by atomic mass is 10.1. The molecule has 0 saturated carbocycles. The summed E-state index contributed by atoms with van der Waals surface area (Å²) in [6, 6.07) is 7.34. The first-order valence-electron chi connectivity index (χ1n) is 7.39. The Morgan fingerprint density at radius 3 is 2.15 bits per heavy atom. The zero-order valence-corrected chi connectivity index (χ0v) is 14.5. The van der Waals surface area contributed by atoms with Crippen LogP contribution in [-0.4, -0.2) is 30.5 Å². The zero-order valence-electron chi connectivity index (χ0n) is 13.7. The van der Waals surface area contributed by atoms with Crippen molar-refractivity contribution < 1.29 is 25.5 Å². The average molecular weight is 372 g/mol. The number of aromatic hydroxyl groups is 5. The van der Waals surface area contributed by atoms with E-state index < -0.39 is 17.2 Å². The van der Waals surface area contributed by atoms with Gasteiger partial charge in [-0.05, 0) is 54.0 Å². The maximum atomic E-state index is 9.65. The van der Waals surface area contributed by atoms with Gasteiger partial charge < -0.3 is 30.8 Å². The van der Waals surface area contributed by atoms with Crippen LogP contribution in [0.1, 0.15) is 16.7 Å². The molecule has 0 atom stereocenters. The number of aryl methyl sites for hydroxylation is 1. The van der Waals surface area contributed by atoms with Crippen molar-refractivity contribution in [2.24, 2.45) is 0 Å². The van der Waals surface area contributed by atoms with Crippen molar-refractivity contribution in [3.05, 3.63) is 46.5 Å². The second-order valence-corrected chi connectivity index (χ2v) is 5.95. The summed E-state index contributed by atoms with van der Waals surface area (Å²) in [6.07, 6.45) is 1.45. The molecule has 2 aromatic rings. The Morgan fingerprint density at radius 1 is 1.04 bits per heavy atom. The lowest BCUT2D eigenvalue weighted by molar-refractivity contribution is 0.367.